The fourth-order valence-electron chi connectivity index (χ4n) is 4.35. The molecule has 1 unspecified atom stereocenters. The summed E-state index contributed by atoms with van der Waals surface area (Å²) in [6, 6.07) is 9.32. The fourth-order valence-corrected chi connectivity index (χ4v) is 4.35. The van der Waals surface area contributed by atoms with E-state index in [1.807, 2.05) is 45.1 Å². The molecule has 0 aliphatic heterocycles. The number of rotatable bonds is 1. The summed E-state index contributed by atoms with van der Waals surface area (Å²) in [5.74, 6) is 0. The van der Waals surface area contributed by atoms with Crippen molar-refractivity contribution in [3.8, 4) is 12.1 Å². The van der Waals surface area contributed by atoms with Gasteiger partial charge in [-0.15, -0.1) is 0 Å². The first-order chi connectivity index (χ1) is 14.9. The lowest BCUT2D eigenvalue weighted by Crippen LogP contribution is -2.05. The van der Waals surface area contributed by atoms with Crippen molar-refractivity contribution in [1.82, 2.24) is 0 Å². The molecular weight excluding hydrogens is 376 g/mol. The molecule has 0 amide bonds. The number of benzene rings is 1. The maximum atomic E-state index is 9.51. The number of nitrogens with zero attached hydrogens (tertiary/aromatic N) is 2. The number of hydrogen-bond acceptors (Lipinski definition) is 2. The van der Waals surface area contributed by atoms with Crippen LogP contribution in [0, 0.1) is 35.0 Å². The monoisotopic (exact) mass is 406 g/mol. The van der Waals surface area contributed by atoms with Gasteiger partial charge in [-0.1, -0.05) is 68.0 Å². The van der Waals surface area contributed by atoms with Gasteiger partial charge in [-0.25, -0.2) is 0 Å². The second kappa shape index (κ2) is 9.20. The van der Waals surface area contributed by atoms with Gasteiger partial charge < -0.3 is 0 Å². The zero-order valence-corrected chi connectivity index (χ0v) is 19.2. The lowest BCUT2D eigenvalue weighted by Gasteiger charge is -2.23. The normalized spacial score (nSPS) is 21.6. The van der Waals surface area contributed by atoms with Crippen molar-refractivity contribution >= 4 is 11.1 Å². The number of aryl methyl sites for hydroxylation is 2. The molecular formula is C29H30N2. The van der Waals surface area contributed by atoms with Gasteiger partial charge in [-0.3, -0.25) is 0 Å². The minimum absolute atomic E-state index is 0.551. The van der Waals surface area contributed by atoms with Gasteiger partial charge in [-0.2, -0.15) is 10.5 Å². The van der Waals surface area contributed by atoms with E-state index in [0.717, 1.165) is 18.4 Å². The van der Waals surface area contributed by atoms with Gasteiger partial charge >= 0.3 is 0 Å². The standard InChI is InChI=1S/C27H24N2.C2H6/c1-18-13-20(16-28)5-4-6-23(18)25-15-22-8-7-21-9-11-27(3,17-29)12-10-24(21)26(22)14-19(25)2;1-2/h4-6,9-12,14-15H,7-8,13H2,1-3H3;1-2H3. The predicted molar refractivity (Wildman–Crippen MR) is 130 cm³/mol. The lowest BCUT2D eigenvalue weighted by molar-refractivity contribution is 0.736. The minimum Gasteiger partial charge on any atom is -0.197 e. The molecule has 1 aromatic rings. The third-order valence-electron chi connectivity index (χ3n) is 6.13. The molecule has 3 aliphatic carbocycles. The Hall–Kier alpha value is -3.36. The van der Waals surface area contributed by atoms with Crippen LogP contribution in [-0.2, 0) is 6.42 Å². The summed E-state index contributed by atoms with van der Waals surface area (Å²) in [7, 11) is 0. The van der Waals surface area contributed by atoms with Gasteiger partial charge in [0.2, 0.25) is 0 Å². The third-order valence-corrected chi connectivity index (χ3v) is 6.13. The topological polar surface area (TPSA) is 47.6 Å². The fraction of sp³-hybridized carbons (Fsp3) is 0.310. The molecule has 0 saturated carbocycles. The maximum Gasteiger partial charge on any atom is 0.0950 e. The van der Waals surface area contributed by atoms with Crippen LogP contribution in [0.3, 0.4) is 0 Å². The van der Waals surface area contributed by atoms with E-state index in [1.54, 1.807) is 0 Å². The van der Waals surface area contributed by atoms with Crippen molar-refractivity contribution in [1.29, 1.82) is 10.5 Å². The third kappa shape index (κ3) is 4.40. The molecule has 0 bridgehead atoms. The molecule has 156 valence electrons. The van der Waals surface area contributed by atoms with E-state index >= 15 is 0 Å². The number of hydrogen-bond donors (Lipinski definition) is 0. The van der Waals surface area contributed by atoms with Gasteiger partial charge in [0.05, 0.1) is 17.6 Å². The van der Waals surface area contributed by atoms with Gasteiger partial charge in [-0.05, 0) is 78.7 Å². The smallest absolute Gasteiger partial charge is 0.0950 e. The van der Waals surface area contributed by atoms with E-state index in [2.05, 4.69) is 56.3 Å². The summed E-state index contributed by atoms with van der Waals surface area (Å²) < 4.78 is 0. The van der Waals surface area contributed by atoms with Crippen molar-refractivity contribution < 1.29 is 0 Å². The van der Waals surface area contributed by atoms with Crippen LogP contribution in [0.2, 0.25) is 0 Å². The van der Waals surface area contributed by atoms with E-state index in [9.17, 15) is 10.5 Å². The van der Waals surface area contributed by atoms with Gasteiger partial charge in [0.1, 0.15) is 0 Å². The number of allylic oxidation sites excluding steroid dienone is 12. The van der Waals surface area contributed by atoms with Crippen LogP contribution in [0.1, 0.15) is 62.8 Å². The molecule has 0 fully saturated rings. The highest BCUT2D eigenvalue weighted by atomic mass is 14.3. The van der Waals surface area contributed by atoms with Gasteiger partial charge in [0, 0.05) is 12.0 Å². The first-order valence-electron chi connectivity index (χ1n) is 11.1. The molecule has 0 spiro atoms. The summed E-state index contributed by atoms with van der Waals surface area (Å²) in [6.45, 7) is 10.2. The Morgan fingerprint density at radius 3 is 2.35 bits per heavy atom. The summed E-state index contributed by atoms with van der Waals surface area (Å²) in [4.78, 5) is 0. The molecule has 3 aliphatic rings. The van der Waals surface area contributed by atoms with Crippen LogP contribution in [0.4, 0.5) is 0 Å². The van der Waals surface area contributed by atoms with E-state index in [1.165, 1.54) is 44.5 Å². The highest BCUT2D eigenvalue weighted by molar-refractivity contribution is 5.86. The van der Waals surface area contributed by atoms with Crippen molar-refractivity contribution in [2.45, 2.75) is 53.9 Å². The average Bonchev–Trinajstić information content (AvgIpc) is 3.09. The van der Waals surface area contributed by atoms with Crippen molar-refractivity contribution in [3.05, 3.63) is 93.6 Å². The summed E-state index contributed by atoms with van der Waals surface area (Å²) in [5, 5.41) is 18.8. The molecule has 2 nitrogen and oxygen atoms in total. The lowest BCUT2D eigenvalue weighted by atomic mass is 9.81. The van der Waals surface area contributed by atoms with Crippen LogP contribution in [0.15, 0.2) is 71.4 Å². The largest absolute Gasteiger partial charge is 0.197 e. The maximum absolute atomic E-state index is 9.51. The molecule has 31 heavy (non-hydrogen) atoms. The van der Waals surface area contributed by atoms with E-state index in [4.69, 9.17) is 0 Å². The Balaban J connectivity index is 0.00000132. The SMILES string of the molecule is CC.CC1=C(c2cc3c(cc2C)C2=C(C=CC(C)(C#N)C=C2)CC3)C=CC=C(C#N)C1. The zero-order chi connectivity index (χ0) is 22.6. The Bertz CT molecular complexity index is 1170. The molecule has 2 heteroatoms. The Kier molecular flexibility index (Phi) is 6.62. The minimum atomic E-state index is -0.551. The number of fused-ring (bicyclic) bond motifs is 2. The first kappa shape index (κ1) is 22.3. The molecule has 0 N–H and O–H groups in total. The second-order valence-corrected chi connectivity index (χ2v) is 8.36. The first-order valence-corrected chi connectivity index (χ1v) is 11.1. The molecule has 0 heterocycles. The van der Waals surface area contributed by atoms with Crippen LogP contribution in [0.25, 0.3) is 11.1 Å². The van der Waals surface area contributed by atoms with Gasteiger partial charge in [0.15, 0.2) is 0 Å². The molecule has 4 rings (SSSR count). The quantitative estimate of drug-likeness (QED) is 0.483. The Morgan fingerprint density at radius 2 is 1.65 bits per heavy atom. The Labute approximate surface area is 186 Å². The molecule has 0 radical (unpaired) electrons. The van der Waals surface area contributed by atoms with Crippen LogP contribution < -0.4 is 0 Å². The molecule has 0 saturated heterocycles. The summed E-state index contributed by atoms with van der Waals surface area (Å²) in [6.07, 6.45) is 17.0. The van der Waals surface area contributed by atoms with Crippen molar-refractivity contribution in [2.24, 2.45) is 5.41 Å². The molecule has 1 atom stereocenters. The molecule has 1 aromatic carbocycles. The van der Waals surface area contributed by atoms with Gasteiger partial charge in [0.25, 0.3) is 0 Å². The summed E-state index contributed by atoms with van der Waals surface area (Å²) in [5.41, 5.74) is 10.4. The Morgan fingerprint density at radius 1 is 0.903 bits per heavy atom. The van der Waals surface area contributed by atoms with Crippen molar-refractivity contribution in [3.63, 3.8) is 0 Å². The average molecular weight is 407 g/mol. The van der Waals surface area contributed by atoms with Crippen LogP contribution in [-0.4, -0.2) is 0 Å². The van der Waals surface area contributed by atoms with E-state index < -0.39 is 5.41 Å². The van der Waals surface area contributed by atoms with Crippen LogP contribution in [0.5, 0.6) is 0 Å². The second-order valence-electron chi connectivity index (χ2n) is 8.36. The highest BCUT2D eigenvalue weighted by Crippen LogP contribution is 2.40. The summed E-state index contributed by atoms with van der Waals surface area (Å²) >= 11 is 0. The van der Waals surface area contributed by atoms with E-state index in [-0.39, 0.29) is 0 Å². The van der Waals surface area contributed by atoms with Crippen LogP contribution >= 0.6 is 0 Å². The zero-order valence-electron chi connectivity index (χ0n) is 19.2. The van der Waals surface area contributed by atoms with E-state index in [0.29, 0.717) is 6.42 Å². The van der Waals surface area contributed by atoms with Crippen molar-refractivity contribution in [2.75, 3.05) is 0 Å². The predicted octanol–water partition coefficient (Wildman–Crippen LogP) is 7.56. The highest BCUT2D eigenvalue weighted by Gasteiger charge is 2.24. The number of nitriles is 2. The molecule has 0 aromatic heterocycles.